The minimum Gasteiger partial charge on any atom is -0.383 e. The third-order valence-corrected chi connectivity index (χ3v) is 3.48. The molecule has 120 valence electrons. The first kappa shape index (κ1) is 18.2. The maximum atomic E-state index is 6.41. The summed E-state index contributed by atoms with van der Waals surface area (Å²) in [6.45, 7) is 7.80. The van der Waals surface area contributed by atoms with Crippen molar-refractivity contribution in [3.8, 4) is 0 Å². The zero-order valence-electron chi connectivity index (χ0n) is 13.4. The number of hydrogen-bond acceptors (Lipinski definition) is 5. The molecule has 1 atom stereocenters. The van der Waals surface area contributed by atoms with Gasteiger partial charge in [0.2, 0.25) is 0 Å². The first-order valence-corrected chi connectivity index (χ1v) is 7.61. The Kier molecular flexibility index (Phi) is 8.61. The molecule has 0 saturated carbocycles. The highest BCUT2D eigenvalue weighted by Crippen LogP contribution is 2.25. The molecule has 21 heavy (non-hydrogen) atoms. The Labute approximate surface area is 132 Å². The van der Waals surface area contributed by atoms with Gasteiger partial charge in [0.25, 0.3) is 0 Å². The van der Waals surface area contributed by atoms with E-state index >= 15 is 0 Å². The lowest BCUT2D eigenvalue weighted by Gasteiger charge is -2.30. The molecule has 1 aromatic rings. The Balaban J connectivity index is 2.90. The van der Waals surface area contributed by atoms with Gasteiger partial charge in [0.05, 0.1) is 24.3 Å². The van der Waals surface area contributed by atoms with Gasteiger partial charge in [-0.2, -0.15) is 0 Å². The second-order valence-electron chi connectivity index (χ2n) is 4.92. The number of ether oxygens (including phenoxy) is 2. The summed E-state index contributed by atoms with van der Waals surface area (Å²) >= 11 is 6.41. The van der Waals surface area contributed by atoms with E-state index in [1.807, 2.05) is 12.3 Å². The molecule has 0 radical (unpaired) electrons. The van der Waals surface area contributed by atoms with Crippen LogP contribution in [0.1, 0.15) is 19.4 Å². The molecule has 5 nitrogen and oxygen atoms in total. The van der Waals surface area contributed by atoms with E-state index in [1.165, 1.54) is 0 Å². The highest BCUT2D eigenvalue weighted by molar-refractivity contribution is 6.33. The Morgan fingerprint density at radius 1 is 1.38 bits per heavy atom. The summed E-state index contributed by atoms with van der Waals surface area (Å²) in [7, 11) is 3.38. The van der Waals surface area contributed by atoms with Crippen LogP contribution < -0.4 is 10.2 Å². The molecular weight excluding hydrogens is 290 g/mol. The van der Waals surface area contributed by atoms with Gasteiger partial charge in [0.1, 0.15) is 5.82 Å². The van der Waals surface area contributed by atoms with Crippen molar-refractivity contribution in [1.82, 2.24) is 10.3 Å². The Morgan fingerprint density at radius 2 is 2.14 bits per heavy atom. The fraction of sp³-hybridized carbons (Fsp3) is 0.667. The molecule has 1 unspecified atom stereocenters. The van der Waals surface area contributed by atoms with Crippen LogP contribution in [-0.4, -0.2) is 51.5 Å². The zero-order chi connectivity index (χ0) is 15.7. The van der Waals surface area contributed by atoms with Crippen LogP contribution >= 0.6 is 11.6 Å². The molecule has 1 rings (SSSR count). The topological polar surface area (TPSA) is 46.6 Å². The molecule has 0 bridgehead atoms. The number of hydrogen-bond donors (Lipinski definition) is 1. The van der Waals surface area contributed by atoms with Crippen molar-refractivity contribution < 1.29 is 9.47 Å². The standard InChI is InChI=1S/C15H26ClN3O2/c1-5-17-9-13-8-14(16)15(18-10-13)19(6-7-20-3)12(2)11-21-4/h8,10,12,17H,5-7,9,11H2,1-4H3. The highest BCUT2D eigenvalue weighted by atomic mass is 35.5. The number of pyridine rings is 1. The van der Waals surface area contributed by atoms with E-state index in [9.17, 15) is 0 Å². The predicted octanol–water partition coefficient (Wildman–Crippen LogP) is 2.33. The predicted molar refractivity (Wildman–Crippen MR) is 87.2 cm³/mol. The summed E-state index contributed by atoms with van der Waals surface area (Å²) in [4.78, 5) is 6.65. The highest BCUT2D eigenvalue weighted by Gasteiger charge is 2.18. The molecular formula is C15H26ClN3O2. The third kappa shape index (κ3) is 5.79. The van der Waals surface area contributed by atoms with Gasteiger partial charge >= 0.3 is 0 Å². The average molecular weight is 316 g/mol. The molecule has 0 aliphatic heterocycles. The number of methoxy groups -OCH3 is 2. The number of rotatable bonds is 10. The van der Waals surface area contributed by atoms with Crippen LogP contribution in [0.4, 0.5) is 5.82 Å². The number of nitrogens with zero attached hydrogens (tertiary/aromatic N) is 2. The van der Waals surface area contributed by atoms with Gasteiger partial charge in [-0.05, 0) is 25.1 Å². The molecule has 1 N–H and O–H groups in total. The summed E-state index contributed by atoms with van der Waals surface area (Å²) in [6.07, 6.45) is 1.86. The molecule has 0 aromatic carbocycles. The van der Waals surface area contributed by atoms with Crippen molar-refractivity contribution in [3.63, 3.8) is 0 Å². The van der Waals surface area contributed by atoms with E-state index in [1.54, 1.807) is 14.2 Å². The molecule has 0 spiro atoms. The van der Waals surface area contributed by atoms with E-state index < -0.39 is 0 Å². The van der Waals surface area contributed by atoms with Crippen LogP contribution in [0.25, 0.3) is 0 Å². The molecule has 6 heteroatoms. The number of aromatic nitrogens is 1. The summed E-state index contributed by atoms with van der Waals surface area (Å²) in [5.41, 5.74) is 1.08. The van der Waals surface area contributed by atoms with E-state index in [0.29, 0.717) is 18.2 Å². The lowest BCUT2D eigenvalue weighted by molar-refractivity contribution is 0.170. The van der Waals surface area contributed by atoms with Crippen molar-refractivity contribution in [2.75, 3.05) is 45.4 Å². The van der Waals surface area contributed by atoms with Gasteiger partial charge in [-0.15, -0.1) is 0 Å². The van der Waals surface area contributed by atoms with Gasteiger partial charge < -0.3 is 19.7 Å². The quantitative estimate of drug-likeness (QED) is 0.718. The van der Waals surface area contributed by atoms with Crippen molar-refractivity contribution in [1.29, 1.82) is 0 Å². The maximum Gasteiger partial charge on any atom is 0.147 e. The van der Waals surface area contributed by atoms with Gasteiger partial charge in [0.15, 0.2) is 0 Å². The second-order valence-corrected chi connectivity index (χ2v) is 5.33. The van der Waals surface area contributed by atoms with Crippen LogP contribution in [-0.2, 0) is 16.0 Å². The van der Waals surface area contributed by atoms with Crippen LogP contribution in [0.15, 0.2) is 12.3 Å². The largest absolute Gasteiger partial charge is 0.383 e. The fourth-order valence-corrected chi connectivity index (χ4v) is 2.40. The van der Waals surface area contributed by atoms with E-state index in [0.717, 1.165) is 31.0 Å². The number of halogens is 1. The van der Waals surface area contributed by atoms with E-state index in [2.05, 4.69) is 29.0 Å². The van der Waals surface area contributed by atoms with Gasteiger partial charge in [-0.1, -0.05) is 18.5 Å². The summed E-state index contributed by atoms with van der Waals surface area (Å²) in [5, 5.41) is 3.92. The SMILES string of the molecule is CCNCc1cnc(N(CCOC)C(C)COC)c(Cl)c1. The smallest absolute Gasteiger partial charge is 0.147 e. The first-order valence-electron chi connectivity index (χ1n) is 7.23. The van der Waals surface area contributed by atoms with Gasteiger partial charge in [-0.3, -0.25) is 0 Å². The molecule has 1 aromatic heterocycles. The van der Waals surface area contributed by atoms with Crippen LogP contribution in [0.3, 0.4) is 0 Å². The second kappa shape index (κ2) is 9.95. The summed E-state index contributed by atoms with van der Waals surface area (Å²) < 4.78 is 10.4. The van der Waals surface area contributed by atoms with Gasteiger partial charge in [0, 0.05) is 33.5 Å². The Morgan fingerprint density at radius 3 is 2.71 bits per heavy atom. The van der Waals surface area contributed by atoms with Crippen molar-refractivity contribution in [2.24, 2.45) is 0 Å². The summed E-state index contributed by atoms with van der Waals surface area (Å²) in [6, 6.07) is 2.14. The number of anilines is 1. The molecule has 0 fully saturated rings. The minimum absolute atomic E-state index is 0.176. The molecule has 0 amide bonds. The van der Waals surface area contributed by atoms with Crippen molar-refractivity contribution in [2.45, 2.75) is 26.4 Å². The maximum absolute atomic E-state index is 6.41. The van der Waals surface area contributed by atoms with Crippen molar-refractivity contribution >= 4 is 17.4 Å². The monoisotopic (exact) mass is 315 g/mol. The van der Waals surface area contributed by atoms with Gasteiger partial charge in [-0.25, -0.2) is 4.98 Å². The first-order chi connectivity index (χ1) is 10.1. The minimum atomic E-state index is 0.176. The van der Waals surface area contributed by atoms with Crippen molar-refractivity contribution in [3.05, 3.63) is 22.8 Å². The molecule has 1 heterocycles. The summed E-state index contributed by atoms with van der Waals surface area (Å²) in [5.74, 6) is 0.776. The van der Waals surface area contributed by atoms with Crippen LogP contribution in [0, 0.1) is 0 Å². The Hall–Kier alpha value is -0.880. The third-order valence-electron chi connectivity index (χ3n) is 3.21. The Bertz CT molecular complexity index is 418. The normalized spacial score (nSPS) is 12.4. The van der Waals surface area contributed by atoms with Crippen LogP contribution in [0.5, 0.6) is 0 Å². The zero-order valence-corrected chi connectivity index (χ0v) is 14.1. The number of nitrogens with one attached hydrogen (secondary N) is 1. The lowest BCUT2D eigenvalue weighted by Crippen LogP contribution is -2.39. The molecule has 0 aliphatic rings. The fourth-order valence-electron chi connectivity index (χ4n) is 2.10. The molecule has 0 aliphatic carbocycles. The van der Waals surface area contributed by atoms with Crippen LogP contribution in [0.2, 0.25) is 5.02 Å². The average Bonchev–Trinajstić information content (AvgIpc) is 2.47. The lowest BCUT2D eigenvalue weighted by atomic mass is 10.2. The molecule has 0 saturated heterocycles. The van der Waals surface area contributed by atoms with E-state index in [-0.39, 0.29) is 6.04 Å². The van der Waals surface area contributed by atoms with E-state index in [4.69, 9.17) is 21.1 Å².